The van der Waals surface area contributed by atoms with Gasteiger partial charge >= 0.3 is 0 Å². The average Bonchev–Trinajstić information content (AvgIpc) is 2.75. The van der Waals surface area contributed by atoms with Gasteiger partial charge in [-0.05, 0) is 31.5 Å². The highest BCUT2D eigenvalue weighted by Gasteiger charge is 2.15. The van der Waals surface area contributed by atoms with Crippen LogP contribution in [0.3, 0.4) is 0 Å². The van der Waals surface area contributed by atoms with Crippen molar-refractivity contribution < 1.29 is 4.39 Å². The molecule has 3 aromatic rings. The number of anilines is 1. The molecule has 3 rings (SSSR count). The van der Waals surface area contributed by atoms with Gasteiger partial charge in [0.1, 0.15) is 11.6 Å². The van der Waals surface area contributed by atoms with E-state index in [0.29, 0.717) is 11.5 Å². The van der Waals surface area contributed by atoms with E-state index in [1.165, 1.54) is 12.1 Å². The molecule has 0 saturated heterocycles. The maximum absolute atomic E-state index is 13.1. The highest BCUT2D eigenvalue weighted by Crippen LogP contribution is 2.29. The molecule has 0 fully saturated rings. The lowest BCUT2D eigenvalue weighted by Crippen LogP contribution is -2.12. The zero-order chi connectivity index (χ0) is 14.3. The van der Waals surface area contributed by atoms with Crippen LogP contribution in [0.5, 0.6) is 0 Å². The van der Waals surface area contributed by atoms with Crippen LogP contribution in [0, 0.1) is 19.7 Å². The third kappa shape index (κ3) is 1.90. The minimum Gasteiger partial charge on any atom is -0.308 e. The summed E-state index contributed by atoms with van der Waals surface area (Å²) in [6.07, 6.45) is 0. The molecule has 1 aromatic carbocycles. The van der Waals surface area contributed by atoms with Crippen molar-refractivity contribution >= 4 is 11.5 Å². The van der Waals surface area contributed by atoms with Crippen molar-refractivity contribution in [3.8, 4) is 11.1 Å². The number of nitrogens with two attached hydrogens (primary N) is 1. The molecule has 0 spiro atoms. The van der Waals surface area contributed by atoms with E-state index in [9.17, 15) is 4.39 Å². The quantitative estimate of drug-likeness (QED) is 0.555. The van der Waals surface area contributed by atoms with E-state index in [-0.39, 0.29) is 5.82 Å². The molecule has 0 bridgehead atoms. The summed E-state index contributed by atoms with van der Waals surface area (Å²) in [5, 5.41) is 4.44. The van der Waals surface area contributed by atoms with Crippen molar-refractivity contribution in [1.82, 2.24) is 14.6 Å². The molecule has 20 heavy (non-hydrogen) atoms. The number of nitrogens with zero attached hydrogens (tertiary/aromatic N) is 3. The Kier molecular flexibility index (Phi) is 2.87. The minimum atomic E-state index is -0.267. The van der Waals surface area contributed by atoms with Gasteiger partial charge in [0.25, 0.3) is 0 Å². The summed E-state index contributed by atoms with van der Waals surface area (Å²) in [4.78, 5) is 4.52. The van der Waals surface area contributed by atoms with Gasteiger partial charge in [-0.2, -0.15) is 9.61 Å². The summed E-state index contributed by atoms with van der Waals surface area (Å²) in [6.45, 7) is 3.78. The maximum atomic E-state index is 13.1. The molecule has 2 heterocycles. The topological polar surface area (TPSA) is 68.2 Å². The number of hydrogen-bond acceptors (Lipinski definition) is 4. The van der Waals surface area contributed by atoms with Crippen molar-refractivity contribution in [3.05, 3.63) is 47.5 Å². The van der Waals surface area contributed by atoms with Gasteiger partial charge in [-0.15, -0.1) is 0 Å². The molecular formula is C14H14FN5. The first-order valence-corrected chi connectivity index (χ1v) is 6.19. The number of halogens is 1. The summed E-state index contributed by atoms with van der Waals surface area (Å²) < 4.78 is 14.7. The SMILES string of the molecule is Cc1cc(NN)n2nc(C)c(-c3ccc(F)cc3)c2n1. The van der Waals surface area contributed by atoms with Crippen LogP contribution >= 0.6 is 0 Å². The fourth-order valence-corrected chi connectivity index (χ4v) is 2.30. The van der Waals surface area contributed by atoms with Gasteiger partial charge in [-0.3, -0.25) is 0 Å². The Balaban J connectivity index is 2.33. The molecule has 0 atom stereocenters. The second kappa shape index (κ2) is 4.57. The van der Waals surface area contributed by atoms with Crippen LogP contribution < -0.4 is 11.3 Å². The molecule has 3 N–H and O–H groups in total. The summed E-state index contributed by atoms with van der Waals surface area (Å²) in [6, 6.07) is 8.11. The fourth-order valence-electron chi connectivity index (χ4n) is 2.30. The Morgan fingerprint density at radius 1 is 1.20 bits per heavy atom. The third-order valence-corrected chi connectivity index (χ3v) is 3.17. The van der Waals surface area contributed by atoms with Crippen LogP contribution in [-0.2, 0) is 0 Å². The predicted molar refractivity (Wildman–Crippen MR) is 75.7 cm³/mol. The summed E-state index contributed by atoms with van der Waals surface area (Å²) >= 11 is 0. The van der Waals surface area contributed by atoms with Gasteiger partial charge in [0, 0.05) is 17.3 Å². The molecule has 0 radical (unpaired) electrons. The van der Waals surface area contributed by atoms with Crippen LogP contribution in [0.1, 0.15) is 11.4 Å². The van der Waals surface area contributed by atoms with E-state index < -0.39 is 0 Å². The molecule has 2 aromatic heterocycles. The van der Waals surface area contributed by atoms with E-state index in [1.807, 2.05) is 19.9 Å². The zero-order valence-corrected chi connectivity index (χ0v) is 11.2. The van der Waals surface area contributed by atoms with Crippen molar-refractivity contribution in [1.29, 1.82) is 0 Å². The smallest absolute Gasteiger partial charge is 0.165 e. The number of rotatable bonds is 2. The molecule has 0 aliphatic carbocycles. The lowest BCUT2D eigenvalue weighted by Gasteiger charge is -2.05. The minimum absolute atomic E-state index is 0.267. The highest BCUT2D eigenvalue weighted by atomic mass is 19.1. The molecule has 0 aliphatic rings. The highest BCUT2D eigenvalue weighted by molar-refractivity contribution is 5.80. The normalized spacial score (nSPS) is 11.0. The molecule has 0 amide bonds. The van der Waals surface area contributed by atoms with E-state index >= 15 is 0 Å². The van der Waals surface area contributed by atoms with Crippen LogP contribution in [0.15, 0.2) is 30.3 Å². The van der Waals surface area contributed by atoms with E-state index in [4.69, 9.17) is 5.84 Å². The largest absolute Gasteiger partial charge is 0.308 e. The van der Waals surface area contributed by atoms with Gasteiger partial charge < -0.3 is 5.43 Å². The Labute approximate surface area is 115 Å². The van der Waals surface area contributed by atoms with Gasteiger partial charge in [0.15, 0.2) is 5.65 Å². The molecule has 0 saturated carbocycles. The van der Waals surface area contributed by atoms with Crippen LogP contribution in [-0.4, -0.2) is 14.6 Å². The second-order valence-electron chi connectivity index (χ2n) is 4.63. The standard InChI is InChI=1S/C14H14FN5/c1-8-7-12(18-16)20-14(17-8)13(9(2)19-20)10-3-5-11(15)6-4-10/h3-7,18H,16H2,1-2H3. The summed E-state index contributed by atoms with van der Waals surface area (Å²) in [5.74, 6) is 5.90. The maximum Gasteiger partial charge on any atom is 0.165 e. The van der Waals surface area contributed by atoms with E-state index in [1.54, 1.807) is 16.6 Å². The number of fused-ring (bicyclic) bond motifs is 1. The summed E-state index contributed by atoms with van der Waals surface area (Å²) in [5.41, 5.74) is 6.70. The number of aryl methyl sites for hydroxylation is 2. The monoisotopic (exact) mass is 271 g/mol. The number of nitrogens with one attached hydrogen (secondary N) is 1. The Hall–Kier alpha value is -2.47. The number of hydrogen-bond donors (Lipinski definition) is 2. The van der Waals surface area contributed by atoms with E-state index in [2.05, 4.69) is 15.5 Å². The third-order valence-electron chi connectivity index (χ3n) is 3.17. The van der Waals surface area contributed by atoms with E-state index in [0.717, 1.165) is 22.5 Å². The average molecular weight is 271 g/mol. The number of benzene rings is 1. The van der Waals surface area contributed by atoms with Gasteiger partial charge in [-0.1, -0.05) is 12.1 Å². The molecule has 102 valence electrons. The molecule has 0 unspecified atom stereocenters. The van der Waals surface area contributed by atoms with Crippen molar-refractivity contribution in [2.45, 2.75) is 13.8 Å². The molecular weight excluding hydrogens is 257 g/mol. The van der Waals surface area contributed by atoms with Crippen LogP contribution in [0.2, 0.25) is 0 Å². The van der Waals surface area contributed by atoms with Gasteiger partial charge in [0.2, 0.25) is 0 Å². The molecule has 5 nitrogen and oxygen atoms in total. The first kappa shape index (κ1) is 12.6. The predicted octanol–water partition coefficient (Wildman–Crippen LogP) is 2.44. The fraction of sp³-hybridized carbons (Fsp3) is 0.143. The molecule has 0 aliphatic heterocycles. The summed E-state index contributed by atoms with van der Waals surface area (Å²) in [7, 11) is 0. The Bertz CT molecular complexity index is 776. The first-order chi connectivity index (χ1) is 9.60. The Morgan fingerprint density at radius 3 is 2.55 bits per heavy atom. The Morgan fingerprint density at radius 2 is 1.90 bits per heavy atom. The zero-order valence-electron chi connectivity index (χ0n) is 11.2. The van der Waals surface area contributed by atoms with Crippen molar-refractivity contribution in [2.24, 2.45) is 5.84 Å². The lowest BCUT2D eigenvalue weighted by molar-refractivity contribution is 0.628. The van der Waals surface area contributed by atoms with Gasteiger partial charge in [0.05, 0.1) is 5.69 Å². The first-order valence-electron chi connectivity index (χ1n) is 6.19. The van der Waals surface area contributed by atoms with Crippen molar-refractivity contribution in [3.63, 3.8) is 0 Å². The van der Waals surface area contributed by atoms with Gasteiger partial charge in [-0.25, -0.2) is 15.2 Å². The van der Waals surface area contributed by atoms with Crippen LogP contribution in [0.25, 0.3) is 16.8 Å². The lowest BCUT2D eigenvalue weighted by atomic mass is 10.1. The number of nitrogen functional groups attached to an aromatic ring is 1. The van der Waals surface area contributed by atoms with Crippen LogP contribution in [0.4, 0.5) is 10.2 Å². The van der Waals surface area contributed by atoms with Crippen molar-refractivity contribution in [2.75, 3.05) is 5.43 Å². The molecule has 6 heteroatoms. The number of aromatic nitrogens is 3. The number of hydrazine groups is 1. The second-order valence-corrected chi connectivity index (χ2v) is 4.63.